The second-order valence-electron chi connectivity index (χ2n) is 5.77. The largest absolute Gasteiger partial charge is 0.481 e. The molecule has 0 saturated heterocycles. The molecule has 1 amide bonds. The van der Waals surface area contributed by atoms with Crippen LogP contribution < -0.4 is 5.73 Å². The van der Waals surface area contributed by atoms with E-state index in [4.69, 9.17) is 15.3 Å². The Bertz CT molecular complexity index is 280. The van der Waals surface area contributed by atoms with E-state index in [1.807, 2.05) is 13.1 Å². The van der Waals surface area contributed by atoms with Crippen molar-refractivity contribution in [3.05, 3.63) is 0 Å². The Morgan fingerprint density at radius 1 is 1.29 bits per heavy atom. The zero-order valence-corrected chi connectivity index (χ0v) is 12.2. The van der Waals surface area contributed by atoms with Crippen molar-refractivity contribution in [2.45, 2.75) is 57.8 Å². The van der Waals surface area contributed by atoms with Crippen LogP contribution in [0.25, 0.3) is 0 Å². The van der Waals surface area contributed by atoms with Crippen LogP contribution in [-0.4, -0.2) is 31.4 Å². The Kier molecular flexibility index (Phi) is 5.34. The summed E-state index contributed by atoms with van der Waals surface area (Å²) in [4.78, 5) is 21.6. The van der Waals surface area contributed by atoms with Gasteiger partial charge >= 0.3 is 5.97 Å². The van der Waals surface area contributed by atoms with Gasteiger partial charge in [0.15, 0.2) is 8.32 Å². The van der Waals surface area contributed by atoms with Crippen LogP contribution >= 0.6 is 0 Å². The van der Waals surface area contributed by atoms with Crippen LogP contribution in [0.15, 0.2) is 0 Å². The number of nitrogens with two attached hydrogens (primary N) is 1. The molecule has 3 N–H and O–H groups in total. The van der Waals surface area contributed by atoms with E-state index in [1.165, 1.54) is 0 Å². The number of hydrogen-bond acceptors (Lipinski definition) is 3. The van der Waals surface area contributed by atoms with Gasteiger partial charge in [-0.2, -0.15) is 0 Å². The van der Waals surface area contributed by atoms with Gasteiger partial charge in [0.05, 0.1) is 18.9 Å². The fraction of sp³-hybridized carbons (Fsp3) is 0.818. The molecule has 0 spiro atoms. The maximum Gasteiger partial charge on any atom is 0.305 e. The first kappa shape index (κ1) is 16.1. The standard InChI is InChI=1S/C11H23NO4Si/c1-11(2,3)17(4,5)16-8(6-9(12)13)7-10(14)15/h8H,6-7H2,1-5H3,(H2,12,13)(H,14,15)/t8-/m1/s1. The highest BCUT2D eigenvalue weighted by molar-refractivity contribution is 6.74. The molecule has 6 heteroatoms. The summed E-state index contributed by atoms with van der Waals surface area (Å²) in [6, 6.07) is 0. The van der Waals surface area contributed by atoms with Gasteiger partial charge in [-0.25, -0.2) is 0 Å². The Morgan fingerprint density at radius 3 is 2.06 bits per heavy atom. The van der Waals surface area contributed by atoms with Crippen molar-refractivity contribution in [2.75, 3.05) is 0 Å². The van der Waals surface area contributed by atoms with Gasteiger partial charge in [0.2, 0.25) is 5.91 Å². The van der Waals surface area contributed by atoms with Gasteiger partial charge in [0.1, 0.15) is 0 Å². The van der Waals surface area contributed by atoms with Crippen LogP contribution in [-0.2, 0) is 14.0 Å². The summed E-state index contributed by atoms with van der Waals surface area (Å²) in [6.45, 7) is 10.2. The number of carbonyl (C=O) groups is 2. The summed E-state index contributed by atoms with van der Waals surface area (Å²) in [7, 11) is -2.07. The topological polar surface area (TPSA) is 89.6 Å². The third-order valence-corrected chi connectivity index (χ3v) is 7.63. The number of aliphatic carboxylic acids is 1. The van der Waals surface area contributed by atoms with Gasteiger partial charge in [-0.15, -0.1) is 0 Å². The molecule has 0 saturated carbocycles. The number of rotatable bonds is 6. The van der Waals surface area contributed by atoms with Crippen molar-refractivity contribution in [1.29, 1.82) is 0 Å². The predicted molar refractivity (Wildman–Crippen MR) is 68.1 cm³/mol. The van der Waals surface area contributed by atoms with Gasteiger partial charge < -0.3 is 15.3 Å². The summed E-state index contributed by atoms with van der Waals surface area (Å²) in [5.74, 6) is -1.51. The quantitative estimate of drug-likeness (QED) is 0.712. The fourth-order valence-electron chi connectivity index (χ4n) is 1.17. The van der Waals surface area contributed by atoms with Crippen molar-refractivity contribution in [3.63, 3.8) is 0 Å². The molecule has 0 fully saturated rings. The molecule has 0 aliphatic rings. The molecular weight excluding hydrogens is 238 g/mol. The first-order valence-electron chi connectivity index (χ1n) is 5.63. The van der Waals surface area contributed by atoms with E-state index >= 15 is 0 Å². The zero-order chi connectivity index (χ0) is 13.9. The highest BCUT2D eigenvalue weighted by Crippen LogP contribution is 2.37. The number of carboxylic acids is 1. The minimum atomic E-state index is -2.07. The van der Waals surface area contributed by atoms with Crippen molar-refractivity contribution < 1.29 is 19.1 Å². The third-order valence-electron chi connectivity index (χ3n) is 3.10. The van der Waals surface area contributed by atoms with Crippen LogP contribution in [0, 0.1) is 0 Å². The molecule has 0 aliphatic heterocycles. The molecule has 1 atom stereocenters. The Hall–Kier alpha value is -0.883. The summed E-state index contributed by atoms with van der Waals surface area (Å²) >= 11 is 0. The Balaban J connectivity index is 4.73. The molecule has 0 aromatic carbocycles. The lowest BCUT2D eigenvalue weighted by atomic mass is 10.2. The Labute approximate surface area is 103 Å². The first-order chi connectivity index (χ1) is 7.45. The molecule has 0 rings (SSSR count). The molecule has 0 radical (unpaired) electrons. The van der Waals surface area contributed by atoms with Gasteiger partial charge in [-0.1, -0.05) is 20.8 Å². The number of primary amides is 1. The first-order valence-corrected chi connectivity index (χ1v) is 8.54. The molecule has 0 bridgehead atoms. The summed E-state index contributed by atoms with van der Waals surface area (Å²) < 4.78 is 5.88. The van der Waals surface area contributed by atoms with Crippen molar-refractivity contribution in [3.8, 4) is 0 Å². The monoisotopic (exact) mass is 261 g/mol. The molecule has 0 heterocycles. The normalized spacial score (nSPS) is 14.4. The molecule has 17 heavy (non-hydrogen) atoms. The maximum atomic E-state index is 10.9. The third kappa shape index (κ3) is 5.83. The molecule has 0 unspecified atom stereocenters. The van der Waals surface area contributed by atoms with E-state index in [2.05, 4.69) is 20.8 Å². The highest BCUT2D eigenvalue weighted by atomic mass is 28.4. The zero-order valence-electron chi connectivity index (χ0n) is 11.2. The van der Waals surface area contributed by atoms with Crippen LogP contribution in [0.3, 0.4) is 0 Å². The van der Waals surface area contributed by atoms with Gasteiger partial charge in [0.25, 0.3) is 0 Å². The summed E-state index contributed by atoms with van der Waals surface area (Å²) in [5, 5.41) is 8.75. The molecule has 5 nitrogen and oxygen atoms in total. The van der Waals surface area contributed by atoms with E-state index in [9.17, 15) is 9.59 Å². The minimum absolute atomic E-state index is 0.0264. The minimum Gasteiger partial charge on any atom is -0.481 e. The van der Waals surface area contributed by atoms with E-state index in [0.29, 0.717) is 0 Å². The van der Waals surface area contributed by atoms with Gasteiger partial charge in [0, 0.05) is 0 Å². The lowest BCUT2D eigenvalue weighted by molar-refractivity contribution is -0.139. The van der Waals surface area contributed by atoms with Crippen molar-refractivity contribution in [1.82, 2.24) is 0 Å². The van der Waals surface area contributed by atoms with E-state index < -0.39 is 26.3 Å². The lowest BCUT2D eigenvalue weighted by Crippen LogP contribution is -2.45. The number of carboxylic acid groups (broad SMARTS) is 1. The van der Waals surface area contributed by atoms with Gasteiger partial charge in [-0.05, 0) is 18.1 Å². The fourth-order valence-corrected chi connectivity index (χ4v) is 2.52. The number of carbonyl (C=O) groups excluding carboxylic acids is 1. The van der Waals surface area contributed by atoms with Crippen molar-refractivity contribution >= 4 is 20.2 Å². The maximum absolute atomic E-state index is 10.9. The summed E-state index contributed by atoms with van der Waals surface area (Å²) in [6.07, 6.45) is -0.847. The van der Waals surface area contributed by atoms with Crippen LogP contribution in [0.4, 0.5) is 0 Å². The molecule has 0 aliphatic carbocycles. The second-order valence-corrected chi connectivity index (χ2v) is 10.5. The summed E-state index contributed by atoms with van der Waals surface area (Å²) in [5.41, 5.74) is 5.10. The molecule has 0 aromatic rings. The van der Waals surface area contributed by atoms with E-state index in [1.54, 1.807) is 0 Å². The Morgan fingerprint density at radius 2 is 1.76 bits per heavy atom. The molecule has 100 valence electrons. The average molecular weight is 261 g/mol. The van der Waals surface area contributed by atoms with E-state index in [-0.39, 0.29) is 17.9 Å². The molecule has 0 aromatic heterocycles. The van der Waals surface area contributed by atoms with Crippen LogP contribution in [0.1, 0.15) is 33.6 Å². The number of amides is 1. The van der Waals surface area contributed by atoms with Crippen LogP contribution in [0.2, 0.25) is 18.1 Å². The molecular formula is C11H23NO4Si. The lowest BCUT2D eigenvalue weighted by Gasteiger charge is -2.38. The smallest absolute Gasteiger partial charge is 0.305 e. The second kappa shape index (κ2) is 5.64. The predicted octanol–water partition coefficient (Wildman–Crippen LogP) is 1.73. The SMILES string of the molecule is CC(C)(C)[Si](C)(C)O[C@H](CC(N)=O)CC(=O)O. The van der Waals surface area contributed by atoms with E-state index in [0.717, 1.165) is 0 Å². The highest BCUT2D eigenvalue weighted by Gasteiger charge is 2.39. The van der Waals surface area contributed by atoms with Crippen LogP contribution in [0.5, 0.6) is 0 Å². The van der Waals surface area contributed by atoms with Gasteiger partial charge in [-0.3, -0.25) is 9.59 Å². The number of hydrogen-bond donors (Lipinski definition) is 2. The van der Waals surface area contributed by atoms with Crippen molar-refractivity contribution in [2.24, 2.45) is 5.73 Å². The average Bonchev–Trinajstić information content (AvgIpc) is 1.96.